The predicted molar refractivity (Wildman–Crippen MR) is 50.9 cm³/mol. The summed E-state index contributed by atoms with van der Waals surface area (Å²) >= 11 is 5.99. The molecule has 1 aromatic rings. The van der Waals surface area contributed by atoms with Crippen molar-refractivity contribution in [1.29, 1.82) is 0 Å². The lowest BCUT2D eigenvalue weighted by Crippen LogP contribution is -2.11. The lowest BCUT2D eigenvalue weighted by atomic mass is 10.0. The molecule has 0 unspecified atom stereocenters. The Morgan fingerprint density at radius 2 is 2.00 bits per heavy atom. The smallest absolute Gasteiger partial charge is 0.0716 e. The second-order valence-electron chi connectivity index (χ2n) is 2.86. The van der Waals surface area contributed by atoms with E-state index in [1.54, 1.807) is 0 Å². The third kappa shape index (κ3) is 1.85. The number of hydrogen-bond acceptors (Lipinski definition) is 0. The fourth-order valence-corrected chi connectivity index (χ4v) is 2.12. The van der Waals surface area contributed by atoms with Crippen molar-refractivity contribution in [2.45, 2.75) is 19.8 Å². The molecular weight excluding hydrogens is 172 g/mol. The van der Waals surface area contributed by atoms with Crippen molar-refractivity contribution < 1.29 is 0 Å². The summed E-state index contributed by atoms with van der Waals surface area (Å²) in [6.07, 6.45) is 0. The molecular formula is C9H10ClSi. The molecule has 0 nitrogen and oxygen atoms in total. The number of halogens is 1. The lowest BCUT2D eigenvalue weighted by Gasteiger charge is -2.10. The summed E-state index contributed by atoms with van der Waals surface area (Å²) in [5, 5.41) is 1.93. The van der Waals surface area contributed by atoms with Gasteiger partial charge in [-0.1, -0.05) is 42.8 Å². The molecule has 11 heavy (non-hydrogen) atoms. The first-order chi connectivity index (χ1) is 5.13. The molecule has 0 heterocycles. The SMILES string of the molecule is CC(C)c1c([Si])cccc1Cl. The third-order valence-corrected chi connectivity index (χ3v) is 2.40. The highest BCUT2D eigenvalue weighted by Gasteiger charge is 2.06. The van der Waals surface area contributed by atoms with Crippen molar-refractivity contribution in [2.24, 2.45) is 0 Å². The molecule has 0 spiro atoms. The normalized spacial score (nSPS) is 10.6. The standard InChI is InChI=1S/C9H10ClSi/c1-6(2)9-7(10)4-3-5-8(9)11/h3-6H,1-2H3. The highest BCUT2D eigenvalue weighted by Crippen LogP contribution is 2.20. The molecule has 0 aliphatic rings. The Balaban J connectivity index is 3.21. The topological polar surface area (TPSA) is 0 Å². The van der Waals surface area contributed by atoms with Gasteiger partial charge < -0.3 is 0 Å². The molecule has 0 aromatic heterocycles. The number of hydrogen-bond donors (Lipinski definition) is 0. The Hall–Kier alpha value is -0.273. The highest BCUT2D eigenvalue weighted by atomic mass is 35.5. The van der Waals surface area contributed by atoms with Crippen LogP contribution in [0, 0.1) is 0 Å². The van der Waals surface area contributed by atoms with Gasteiger partial charge in [-0.25, -0.2) is 0 Å². The van der Waals surface area contributed by atoms with E-state index in [4.69, 9.17) is 11.6 Å². The van der Waals surface area contributed by atoms with E-state index in [0.717, 1.165) is 10.2 Å². The van der Waals surface area contributed by atoms with Gasteiger partial charge in [-0.05, 0) is 17.5 Å². The van der Waals surface area contributed by atoms with Crippen LogP contribution >= 0.6 is 11.6 Å². The van der Waals surface area contributed by atoms with Crippen molar-refractivity contribution in [3.05, 3.63) is 28.8 Å². The van der Waals surface area contributed by atoms with E-state index in [0.29, 0.717) is 5.92 Å². The Morgan fingerprint density at radius 1 is 1.36 bits per heavy atom. The first-order valence-corrected chi connectivity index (χ1v) is 4.50. The third-order valence-electron chi connectivity index (χ3n) is 1.63. The first kappa shape index (κ1) is 8.82. The summed E-state index contributed by atoms with van der Waals surface area (Å²) in [7, 11) is 3.51. The summed E-state index contributed by atoms with van der Waals surface area (Å²) in [6, 6.07) is 5.87. The number of benzene rings is 1. The Labute approximate surface area is 76.0 Å². The number of rotatable bonds is 1. The lowest BCUT2D eigenvalue weighted by molar-refractivity contribution is 0.874. The Bertz CT molecular complexity index is 235. The molecule has 0 saturated heterocycles. The molecule has 0 saturated carbocycles. The van der Waals surface area contributed by atoms with Crippen LogP contribution in [0.25, 0.3) is 0 Å². The van der Waals surface area contributed by atoms with Gasteiger partial charge in [0.1, 0.15) is 0 Å². The van der Waals surface area contributed by atoms with Crippen LogP contribution in [-0.4, -0.2) is 10.2 Å². The zero-order valence-electron chi connectivity index (χ0n) is 6.69. The van der Waals surface area contributed by atoms with Gasteiger partial charge in [0.2, 0.25) is 0 Å². The van der Waals surface area contributed by atoms with Crippen LogP contribution in [0.5, 0.6) is 0 Å². The van der Waals surface area contributed by atoms with Crippen molar-refractivity contribution in [3.63, 3.8) is 0 Å². The summed E-state index contributed by atoms with van der Waals surface area (Å²) in [5.74, 6) is 0.469. The average Bonchev–Trinajstić information content (AvgIpc) is 1.85. The Kier molecular flexibility index (Phi) is 2.74. The fourth-order valence-electron chi connectivity index (χ4n) is 1.12. The molecule has 1 rings (SSSR count). The van der Waals surface area contributed by atoms with Gasteiger partial charge in [-0.3, -0.25) is 0 Å². The van der Waals surface area contributed by atoms with Crippen molar-refractivity contribution in [2.75, 3.05) is 0 Å². The first-order valence-electron chi connectivity index (χ1n) is 3.63. The minimum absolute atomic E-state index is 0.469. The zero-order chi connectivity index (χ0) is 8.43. The summed E-state index contributed by atoms with van der Waals surface area (Å²) in [6.45, 7) is 4.26. The van der Waals surface area contributed by atoms with Crippen LogP contribution in [-0.2, 0) is 0 Å². The molecule has 0 aliphatic heterocycles. The quantitative estimate of drug-likeness (QED) is 0.584. The van der Waals surface area contributed by atoms with Crippen molar-refractivity contribution in [3.8, 4) is 0 Å². The maximum absolute atomic E-state index is 5.99. The monoisotopic (exact) mass is 181 g/mol. The van der Waals surface area contributed by atoms with E-state index in [9.17, 15) is 0 Å². The molecule has 0 atom stereocenters. The zero-order valence-corrected chi connectivity index (χ0v) is 8.44. The second kappa shape index (κ2) is 3.42. The predicted octanol–water partition coefficient (Wildman–Crippen LogP) is 2.26. The van der Waals surface area contributed by atoms with E-state index in [1.807, 2.05) is 18.2 Å². The summed E-state index contributed by atoms with van der Waals surface area (Å²) in [5.41, 5.74) is 1.19. The summed E-state index contributed by atoms with van der Waals surface area (Å²) < 4.78 is 0. The molecule has 3 radical (unpaired) electrons. The van der Waals surface area contributed by atoms with Crippen LogP contribution < -0.4 is 5.19 Å². The van der Waals surface area contributed by atoms with Crippen LogP contribution in [0.3, 0.4) is 0 Å². The molecule has 0 aliphatic carbocycles. The van der Waals surface area contributed by atoms with Crippen LogP contribution in [0.1, 0.15) is 25.3 Å². The minimum Gasteiger partial charge on any atom is -0.0840 e. The molecule has 2 heteroatoms. The van der Waals surface area contributed by atoms with Gasteiger partial charge in [-0.15, -0.1) is 0 Å². The van der Waals surface area contributed by atoms with Crippen LogP contribution in [0.4, 0.5) is 0 Å². The van der Waals surface area contributed by atoms with Gasteiger partial charge >= 0.3 is 0 Å². The molecule has 0 fully saturated rings. The van der Waals surface area contributed by atoms with E-state index < -0.39 is 0 Å². The van der Waals surface area contributed by atoms with Gasteiger partial charge in [0, 0.05) is 5.02 Å². The van der Waals surface area contributed by atoms with Gasteiger partial charge in [0.25, 0.3) is 0 Å². The average molecular weight is 182 g/mol. The molecule has 0 bridgehead atoms. The van der Waals surface area contributed by atoms with E-state index >= 15 is 0 Å². The van der Waals surface area contributed by atoms with E-state index in [-0.39, 0.29) is 0 Å². The maximum Gasteiger partial charge on any atom is 0.0716 e. The van der Waals surface area contributed by atoms with Crippen LogP contribution in [0.2, 0.25) is 5.02 Å². The molecule has 57 valence electrons. The maximum atomic E-state index is 5.99. The summed E-state index contributed by atoms with van der Waals surface area (Å²) in [4.78, 5) is 0. The fraction of sp³-hybridized carbons (Fsp3) is 0.333. The highest BCUT2D eigenvalue weighted by molar-refractivity contribution is 6.37. The largest absolute Gasteiger partial charge is 0.0840 e. The molecule has 1 aromatic carbocycles. The van der Waals surface area contributed by atoms with Crippen molar-refractivity contribution in [1.82, 2.24) is 0 Å². The molecule has 0 N–H and O–H groups in total. The second-order valence-corrected chi connectivity index (χ2v) is 3.80. The van der Waals surface area contributed by atoms with Gasteiger partial charge in [0.15, 0.2) is 0 Å². The van der Waals surface area contributed by atoms with Crippen molar-refractivity contribution >= 4 is 27.0 Å². The van der Waals surface area contributed by atoms with Gasteiger partial charge in [-0.2, -0.15) is 0 Å². The Morgan fingerprint density at radius 3 is 2.36 bits per heavy atom. The minimum atomic E-state index is 0.469. The van der Waals surface area contributed by atoms with Gasteiger partial charge in [0.05, 0.1) is 10.2 Å². The van der Waals surface area contributed by atoms with Crippen LogP contribution in [0.15, 0.2) is 18.2 Å². The molecule has 0 amide bonds. The van der Waals surface area contributed by atoms with E-state index in [2.05, 4.69) is 24.1 Å². The van der Waals surface area contributed by atoms with E-state index in [1.165, 1.54) is 5.56 Å².